The number of nitrogens with zero attached hydrogens (tertiary/aromatic N) is 8. The van der Waals surface area contributed by atoms with E-state index in [0.29, 0.717) is 114 Å². The number of aromatic nitrogens is 7. The molecule has 32 heteroatoms. The van der Waals surface area contributed by atoms with Crippen molar-refractivity contribution >= 4 is 121 Å². The number of rotatable bonds is 17. The lowest BCUT2D eigenvalue weighted by Gasteiger charge is -2.28. The van der Waals surface area contributed by atoms with E-state index in [4.69, 9.17) is 44.4 Å². The second-order valence-corrected chi connectivity index (χ2v) is 28.0. The Morgan fingerprint density at radius 3 is 2.13 bits per heavy atom. The Hall–Kier alpha value is -8.37. The Morgan fingerprint density at radius 1 is 0.688 bits per heavy atom. The first-order chi connectivity index (χ1) is 44.7. The monoisotopic (exact) mass is 1380 g/mol. The zero-order valence-corrected chi connectivity index (χ0v) is 55.7. The van der Waals surface area contributed by atoms with Crippen molar-refractivity contribution in [2.45, 2.75) is 115 Å². The number of benzene rings is 1. The predicted molar refractivity (Wildman–Crippen MR) is 350 cm³/mol. The first-order valence-electron chi connectivity index (χ1n) is 29.6. The van der Waals surface area contributed by atoms with Crippen molar-refractivity contribution in [2.24, 2.45) is 11.8 Å². The Kier molecular flexibility index (Phi) is 22.2. The van der Waals surface area contributed by atoms with Crippen LogP contribution in [0.15, 0.2) is 64.0 Å². The summed E-state index contributed by atoms with van der Waals surface area (Å²) in [5.41, 5.74) is 2.41. The van der Waals surface area contributed by atoms with E-state index >= 15 is 0 Å². The number of carboxylic acid groups (broad SMARTS) is 2. The van der Waals surface area contributed by atoms with E-state index in [1.165, 1.54) is 53.1 Å². The highest BCUT2D eigenvalue weighted by atomic mass is 32.1. The van der Waals surface area contributed by atoms with Gasteiger partial charge in [-0.2, -0.15) is 0 Å². The van der Waals surface area contributed by atoms with Gasteiger partial charge in [0.25, 0.3) is 17.7 Å². The van der Waals surface area contributed by atoms with E-state index in [9.17, 15) is 53.7 Å². The number of aliphatic carboxylic acids is 2. The molecule has 8 heterocycles. The summed E-state index contributed by atoms with van der Waals surface area (Å²) in [6.45, 7) is 5.05. The summed E-state index contributed by atoms with van der Waals surface area (Å²) >= 11 is 7.04. The standard InChI is InChI=1S/C61H65N13O13S6/c1-29(2)45-59-73-48(40(93-59)24-86-5)52(81)63-23-43(76)70-49(50(79)31-12-8-6-9-13-31)58-68-39(27-90-58)56-66-37(25-89-56)47-34(54-67-38(26-88-54)51(80)65-36(22-42(75)62-4)57-72-46(30(3)92-57)53(82)71-45)19-20-35(64-47)55-69-41(28-91-55)74(21-11-7-10-14-44(77)78)61(85)87-33-17-15-32(16-18-33)60(83)84/h6,8-9,12-13,19-20,25-29,32-33,36,45,49-50,79H,7,10-11,14-18,21-24H2,1-5H3,(H,62,75)(H,63,81)(H,65,80)(H,70,76)(H,71,82)(H,77,78)(H,83,84)/t32-,33-,36-,45?,49-,50-/m0/s1. The Bertz CT molecular complexity index is 4040. The van der Waals surface area contributed by atoms with Crippen molar-refractivity contribution in [3.63, 3.8) is 0 Å². The molecular weight excluding hydrogens is 1320 g/mol. The molecule has 10 bridgehead atoms. The number of thiazole rings is 6. The molecule has 1 aliphatic carbocycles. The average molecular weight is 1380 g/mol. The fourth-order valence-corrected chi connectivity index (χ4v) is 15.9. The molecule has 1 fully saturated rings. The van der Waals surface area contributed by atoms with Crippen molar-refractivity contribution < 1.29 is 63.1 Å². The minimum absolute atomic E-state index is 0.00556. The third-order valence-corrected chi connectivity index (χ3v) is 21.0. The predicted octanol–water partition coefficient (Wildman–Crippen LogP) is 9.54. The third-order valence-electron chi connectivity index (χ3n) is 15.3. The normalized spacial score (nSPS) is 18.3. The quantitative estimate of drug-likeness (QED) is 0.0393. The van der Waals surface area contributed by atoms with Crippen LogP contribution >= 0.6 is 68.0 Å². The summed E-state index contributed by atoms with van der Waals surface area (Å²) in [6, 6.07) is 9.31. The maximum Gasteiger partial charge on any atom is 0.415 e. The Balaban J connectivity index is 1.03. The maximum atomic E-state index is 14.4. The van der Waals surface area contributed by atoms with Crippen LogP contribution in [0.25, 0.3) is 43.4 Å². The van der Waals surface area contributed by atoms with Crippen LogP contribution in [0.4, 0.5) is 10.6 Å². The van der Waals surface area contributed by atoms with Gasteiger partial charge in [0, 0.05) is 59.1 Å². The van der Waals surface area contributed by atoms with Gasteiger partial charge in [-0.1, -0.05) is 50.6 Å². The van der Waals surface area contributed by atoms with E-state index in [0.717, 1.165) is 34.0 Å². The van der Waals surface area contributed by atoms with Crippen molar-refractivity contribution in [3.05, 3.63) is 111 Å². The van der Waals surface area contributed by atoms with Crippen LogP contribution in [0.1, 0.15) is 158 Å². The number of aryl methyl sites for hydroxylation is 1. The number of carbonyl (C=O) groups is 8. The zero-order valence-electron chi connectivity index (χ0n) is 50.8. The van der Waals surface area contributed by atoms with Gasteiger partial charge in [-0.3, -0.25) is 38.5 Å². The van der Waals surface area contributed by atoms with Crippen molar-refractivity contribution in [3.8, 4) is 43.4 Å². The highest BCUT2D eigenvalue weighted by molar-refractivity contribution is 7.15. The van der Waals surface area contributed by atoms with E-state index < -0.39 is 90.4 Å². The minimum Gasteiger partial charge on any atom is -0.481 e. The highest BCUT2D eigenvalue weighted by Gasteiger charge is 2.35. The third kappa shape index (κ3) is 16.3. The average Bonchev–Trinajstić information content (AvgIpc) is 1.75. The summed E-state index contributed by atoms with van der Waals surface area (Å²) in [4.78, 5) is 143. The Morgan fingerprint density at radius 2 is 1.40 bits per heavy atom. The van der Waals surface area contributed by atoms with Gasteiger partial charge in [0.2, 0.25) is 11.8 Å². The maximum absolute atomic E-state index is 14.4. The summed E-state index contributed by atoms with van der Waals surface area (Å²) in [7, 11) is 2.92. The number of hydrogen-bond acceptors (Lipinski definition) is 24. The molecular formula is C61H65N13O13S6. The van der Waals surface area contributed by atoms with Gasteiger partial charge in [-0.25, -0.2) is 39.7 Å². The molecule has 10 rings (SSSR count). The minimum atomic E-state index is -1.31. The molecule has 2 aliphatic rings. The number of fused-ring (bicyclic) bond motifs is 14. The molecule has 1 aliphatic heterocycles. The number of anilines is 1. The van der Waals surface area contributed by atoms with Gasteiger partial charge in [0.1, 0.15) is 88.3 Å². The molecule has 6 amide bonds. The lowest BCUT2D eigenvalue weighted by molar-refractivity contribution is -0.143. The number of aliphatic hydroxyl groups is 1. The van der Waals surface area contributed by atoms with E-state index in [2.05, 4.69) is 26.6 Å². The van der Waals surface area contributed by atoms with Gasteiger partial charge in [0.05, 0.1) is 48.1 Å². The summed E-state index contributed by atoms with van der Waals surface area (Å²) < 4.78 is 11.4. The van der Waals surface area contributed by atoms with Crippen molar-refractivity contribution in [1.82, 2.24) is 61.5 Å². The first kappa shape index (κ1) is 67.5. The molecule has 8 N–H and O–H groups in total. The first-order valence-corrected chi connectivity index (χ1v) is 34.8. The van der Waals surface area contributed by atoms with Crippen LogP contribution in [0.3, 0.4) is 0 Å². The van der Waals surface area contributed by atoms with Gasteiger partial charge >= 0.3 is 18.0 Å². The number of nitrogens with one attached hydrogen (secondary N) is 5. The van der Waals surface area contributed by atoms with E-state index in [1.54, 1.807) is 70.9 Å². The van der Waals surface area contributed by atoms with Crippen LogP contribution < -0.4 is 31.5 Å². The molecule has 1 unspecified atom stereocenters. The van der Waals surface area contributed by atoms with Gasteiger partial charge in [0.15, 0.2) is 0 Å². The van der Waals surface area contributed by atoms with E-state index in [-0.39, 0.29) is 59.8 Å². The molecule has 0 spiro atoms. The van der Waals surface area contributed by atoms with Crippen LogP contribution in [0.5, 0.6) is 0 Å². The molecule has 4 atom stereocenters. The fourth-order valence-electron chi connectivity index (χ4n) is 10.4. The number of methoxy groups -OCH3 is 1. The summed E-state index contributed by atoms with van der Waals surface area (Å²) in [5, 5.41) is 53.8. The lowest BCUT2D eigenvalue weighted by Crippen LogP contribution is -2.40. The Labute approximate surface area is 556 Å². The number of aliphatic hydroxyl groups excluding tert-OH is 1. The summed E-state index contributed by atoms with van der Waals surface area (Å²) in [5.74, 6) is -5.33. The molecule has 0 radical (unpaired) electrons. The van der Waals surface area contributed by atoms with Gasteiger partial charge in [-0.05, 0) is 69.1 Å². The van der Waals surface area contributed by atoms with Crippen LogP contribution in [0, 0.1) is 18.8 Å². The molecule has 7 aromatic heterocycles. The number of carbonyl (C=O) groups excluding carboxylic acids is 6. The second kappa shape index (κ2) is 30.6. The zero-order chi connectivity index (χ0) is 66.0. The topological polar surface area (TPSA) is 369 Å². The second-order valence-electron chi connectivity index (χ2n) is 22.2. The van der Waals surface area contributed by atoms with Gasteiger partial charge in [-0.15, -0.1) is 68.0 Å². The fraction of sp³-hybridized carbons (Fsp3) is 0.393. The smallest absolute Gasteiger partial charge is 0.415 e. The van der Waals surface area contributed by atoms with Crippen LogP contribution in [-0.4, -0.2) is 131 Å². The lowest BCUT2D eigenvalue weighted by atomic mass is 9.87. The number of unbranched alkanes of at least 4 members (excludes halogenated alkanes) is 2. The molecule has 8 aromatic rings. The van der Waals surface area contributed by atoms with Crippen LogP contribution in [-0.2, 0) is 35.3 Å². The van der Waals surface area contributed by atoms with Crippen LogP contribution in [0.2, 0.25) is 0 Å². The number of carboxylic acids is 2. The number of pyridine rings is 1. The molecule has 26 nitrogen and oxygen atoms in total. The van der Waals surface area contributed by atoms with E-state index in [1.807, 2.05) is 13.8 Å². The van der Waals surface area contributed by atoms with Crippen molar-refractivity contribution in [2.75, 3.05) is 32.1 Å². The largest absolute Gasteiger partial charge is 0.481 e. The number of ether oxygens (including phenoxy) is 2. The number of amides is 6. The molecule has 93 heavy (non-hydrogen) atoms. The molecule has 488 valence electrons. The highest BCUT2D eigenvalue weighted by Crippen LogP contribution is 2.41. The number of hydrogen-bond donors (Lipinski definition) is 8. The van der Waals surface area contributed by atoms with Gasteiger partial charge < -0.3 is 51.4 Å². The molecule has 0 saturated heterocycles. The molecule has 1 saturated carbocycles. The summed E-state index contributed by atoms with van der Waals surface area (Å²) in [6.07, 6.45) is 0.0259. The SMILES string of the molecule is CNC(=O)C[C@@H]1NC(=O)c2csc(n2)-c2ccc(-c3nc(N(CCCCCC(=O)O)C(=O)O[C@H]4CC[C@H](C(=O)O)CC4)cs3)nc2-c2csc(n2)-c2csc(n2)[C@H]([C@@H](O)c2ccccc2)NC(=O)CNC(=O)c2nc(sc2COC)C(C(C)C)NC(=O)c2nc1sc2C. The molecule has 1 aromatic carbocycles. The van der Waals surface area contributed by atoms with Crippen molar-refractivity contribution in [1.29, 1.82) is 0 Å².